The van der Waals surface area contributed by atoms with E-state index in [-0.39, 0.29) is 0 Å². The minimum atomic E-state index is -0.426. The van der Waals surface area contributed by atoms with Crippen molar-refractivity contribution in [3.8, 4) is 0 Å². The molecule has 5 heteroatoms. The highest BCUT2D eigenvalue weighted by Gasteiger charge is 2.11. The van der Waals surface area contributed by atoms with Crippen LogP contribution in [0.1, 0.15) is 24.8 Å². The molecule has 1 saturated heterocycles. The maximum atomic E-state index is 13.4. The number of hydrogen-bond donors (Lipinski definition) is 1. The standard InChI is InChI=1S/C14H19F2N3/c15-12-4-5-13(16)11(10-12)6-7-18-14(17)19-8-2-1-3-9-19/h4-5,10H,1-3,6-9H2,(H2,17,18). The summed E-state index contributed by atoms with van der Waals surface area (Å²) in [6.45, 7) is 2.25. The lowest BCUT2D eigenvalue weighted by Crippen LogP contribution is -2.41. The van der Waals surface area contributed by atoms with E-state index in [1.54, 1.807) is 0 Å². The molecule has 1 aromatic carbocycles. The Labute approximate surface area is 112 Å². The Morgan fingerprint density at radius 3 is 2.68 bits per heavy atom. The molecule has 2 rings (SSSR count). The molecule has 1 aromatic rings. The Hall–Kier alpha value is -1.65. The fourth-order valence-electron chi connectivity index (χ4n) is 2.25. The van der Waals surface area contributed by atoms with Crippen LogP contribution in [-0.2, 0) is 6.42 Å². The molecule has 1 aliphatic heterocycles. The zero-order valence-corrected chi connectivity index (χ0v) is 10.9. The molecular weight excluding hydrogens is 248 g/mol. The van der Waals surface area contributed by atoms with Gasteiger partial charge in [-0.15, -0.1) is 0 Å². The van der Waals surface area contributed by atoms with Crippen molar-refractivity contribution in [1.29, 1.82) is 0 Å². The number of halogens is 2. The van der Waals surface area contributed by atoms with Gasteiger partial charge in [0, 0.05) is 19.6 Å². The number of nitrogens with zero attached hydrogens (tertiary/aromatic N) is 2. The van der Waals surface area contributed by atoms with Crippen LogP contribution in [0, 0.1) is 11.6 Å². The number of guanidine groups is 1. The molecule has 1 heterocycles. The predicted molar refractivity (Wildman–Crippen MR) is 72.0 cm³/mol. The van der Waals surface area contributed by atoms with Crippen molar-refractivity contribution in [2.45, 2.75) is 25.7 Å². The monoisotopic (exact) mass is 267 g/mol. The second-order valence-corrected chi connectivity index (χ2v) is 4.77. The largest absolute Gasteiger partial charge is 0.370 e. The highest BCUT2D eigenvalue weighted by Crippen LogP contribution is 2.11. The van der Waals surface area contributed by atoms with Gasteiger partial charge in [0.05, 0.1) is 0 Å². The van der Waals surface area contributed by atoms with Gasteiger partial charge in [-0.2, -0.15) is 0 Å². The average molecular weight is 267 g/mol. The lowest BCUT2D eigenvalue weighted by molar-refractivity contribution is 0.338. The Kier molecular flexibility index (Phi) is 4.71. The van der Waals surface area contributed by atoms with Gasteiger partial charge in [0.25, 0.3) is 0 Å². The number of nitrogens with two attached hydrogens (primary N) is 1. The SMILES string of the molecule is NC(=NCCc1cc(F)ccc1F)N1CCCCC1. The highest BCUT2D eigenvalue weighted by molar-refractivity contribution is 5.78. The zero-order valence-electron chi connectivity index (χ0n) is 10.9. The summed E-state index contributed by atoms with van der Waals surface area (Å²) in [5.74, 6) is -0.311. The van der Waals surface area contributed by atoms with Crippen LogP contribution in [0.25, 0.3) is 0 Å². The summed E-state index contributed by atoms with van der Waals surface area (Å²) in [6, 6.07) is 3.47. The van der Waals surface area contributed by atoms with E-state index in [1.807, 2.05) is 4.90 Å². The number of hydrogen-bond acceptors (Lipinski definition) is 1. The van der Waals surface area contributed by atoms with Crippen LogP contribution in [-0.4, -0.2) is 30.5 Å². The maximum Gasteiger partial charge on any atom is 0.191 e. The fourth-order valence-corrected chi connectivity index (χ4v) is 2.25. The summed E-state index contributed by atoms with van der Waals surface area (Å²) in [5, 5.41) is 0. The normalized spacial score (nSPS) is 16.7. The van der Waals surface area contributed by atoms with Crippen molar-refractivity contribution >= 4 is 5.96 Å². The molecule has 0 amide bonds. The number of piperidine rings is 1. The Balaban J connectivity index is 1.89. The second-order valence-electron chi connectivity index (χ2n) is 4.77. The third-order valence-electron chi connectivity index (χ3n) is 3.34. The summed E-state index contributed by atoms with van der Waals surface area (Å²) < 4.78 is 26.4. The lowest BCUT2D eigenvalue weighted by atomic mass is 10.1. The molecular formula is C14H19F2N3. The maximum absolute atomic E-state index is 13.4. The van der Waals surface area contributed by atoms with Gasteiger partial charge in [0.1, 0.15) is 11.6 Å². The van der Waals surface area contributed by atoms with Gasteiger partial charge in [-0.25, -0.2) is 8.78 Å². The quantitative estimate of drug-likeness (QED) is 0.674. The lowest BCUT2D eigenvalue weighted by Gasteiger charge is -2.27. The van der Waals surface area contributed by atoms with Gasteiger partial charge >= 0.3 is 0 Å². The van der Waals surface area contributed by atoms with Gasteiger partial charge in [0.2, 0.25) is 0 Å². The van der Waals surface area contributed by atoms with Gasteiger partial charge in [-0.05, 0) is 49.4 Å². The molecule has 3 nitrogen and oxygen atoms in total. The topological polar surface area (TPSA) is 41.6 Å². The molecule has 1 fully saturated rings. The van der Waals surface area contributed by atoms with E-state index in [0.717, 1.165) is 38.1 Å². The molecule has 1 aliphatic rings. The summed E-state index contributed by atoms with van der Waals surface area (Å²) in [5.41, 5.74) is 6.23. The Morgan fingerprint density at radius 1 is 1.21 bits per heavy atom. The molecule has 0 spiro atoms. The van der Waals surface area contributed by atoms with Crippen LogP contribution in [0.4, 0.5) is 8.78 Å². The molecule has 104 valence electrons. The van der Waals surface area contributed by atoms with Crippen molar-refractivity contribution in [2.75, 3.05) is 19.6 Å². The molecule has 0 atom stereocenters. The van der Waals surface area contributed by atoms with E-state index in [4.69, 9.17) is 5.73 Å². The van der Waals surface area contributed by atoms with Gasteiger partial charge in [-0.3, -0.25) is 4.99 Å². The number of benzene rings is 1. The fraction of sp³-hybridized carbons (Fsp3) is 0.500. The van der Waals surface area contributed by atoms with Crippen molar-refractivity contribution in [3.05, 3.63) is 35.4 Å². The van der Waals surface area contributed by atoms with Crippen molar-refractivity contribution in [3.63, 3.8) is 0 Å². The summed E-state index contributed by atoms with van der Waals surface area (Å²) in [4.78, 5) is 6.29. The van der Waals surface area contributed by atoms with Crippen molar-refractivity contribution in [1.82, 2.24) is 4.90 Å². The molecule has 2 N–H and O–H groups in total. The van der Waals surface area contributed by atoms with Crippen LogP contribution in [0.3, 0.4) is 0 Å². The molecule has 0 saturated carbocycles. The first-order chi connectivity index (χ1) is 9.16. The Bertz CT molecular complexity index is 454. The van der Waals surface area contributed by atoms with E-state index in [9.17, 15) is 8.78 Å². The molecule has 0 unspecified atom stereocenters. The summed E-state index contributed by atoms with van der Waals surface area (Å²) in [6.07, 6.45) is 3.86. The number of rotatable bonds is 3. The zero-order chi connectivity index (χ0) is 13.7. The number of likely N-dealkylation sites (tertiary alicyclic amines) is 1. The highest BCUT2D eigenvalue weighted by atomic mass is 19.1. The number of aliphatic imine (C=N–C) groups is 1. The molecule has 0 radical (unpaired) electrons. The van der Waals surface area contributed by atoms with E-state index in [0.29, 0.717) is 24.5 Å². The van der Waals surface area contributed by atoms with Crippen molar-refractivity contribution < 1.29 is 8.78 Å². The van der Waals surface area contributed by atoms with Gasteiger partial charge in [0.15, 0.2) is 5.96 Å². The molecule has 0 aromatic heterocycles. The van der Waals surface area contributed by atoms with Crippen LogP contribution in [0.15, 0.2) is 23.2 Å². The van der Waals surface area contributed by atoms with E-state index in [2.05, 4.69) is 4.99 Å². The average Bonchev–Trinajstić information content (AvgIpc) is 2.43. The minimum absolute atomic E-state index is 0.343. The van der Waals surface area contributed by atoms with Crippen molar-refractivity contribution in [2.24, 2.45) is 10.7 Å². The first-order valence-corrected chi connectivity index (χ1v) is 6.65. The molecule has 0 bridgehead atoms. The van der Waals surface area contributed by atoms with Gasteiger partial charge < -0.3 is 10.6 Å². The molecule has 19 heavy (non-hydrogen) atoms. The van der Waals surface area contributed by atoms with E-state index >= 15 is 0 Å². The van der Waals surface area contributed by atoms with Crippen LogP contribution in [0.5, 0.6) is 0 Å². The predicted octanol–water partition coefficient (Wildman–Crippen LogP) is 2.31. The second kappa shape index (κ2) is 6.50. The third kappa shape index (κ3) is 3.91. The van der Waals surface area contributed by atoms with E-state index < -0.39 is 11.6 Å². The first kappa shape index (κ1) is 13.8. The van der Waals surface area contributed by atoms with Crippen LogP contribution < -0.4 is 5.73 Å². The van der Waals surface area contributed by atoms with Crippen LogP contribution in [0.2, 0.25) is 0 Å². The summed E-state index contributed by atoms with van der Waals surface area (Å²) in [7, 11) is 0. The Morgan fingerprint density at radius 2 is 1.95 bits per heavy atom. The van der Waals surface area contributed by atoms with Gasteiger partial charge in [-0.1, -0.05) is 0 Å². The smallest absolute Gasteiger partial charge is 0.191 e. The van der Waals surface area contributed by atoms with E-state index in [1.165, 1.54) is 12.5 Å². The summed E-state index contributed by atoms with van der Waals surface area (Å²) >= 11 is 0. The molecule has 0 aliphatic carbocycles. The minimum Gasteiger partial charge on any atom is -0.370 e. The third-order valence-corrected chi connectivity index (χ3v) is 3.34. The first-order valence-electron chi connectivity index (χ1n) is 6.65. The van der Waals surface area contributed by atoms with Crippen LogP contribution >= 0.6 is 0 Å².